The molecule has 1 spiro atoms. The summed E-state index contributed by atoms with van der Waals surface area (Å²) in [5.41, 5.74) is 1.70. The Balaban J connectivity index is 1.45. The van der Waals surface area contributed by atoms with Crippen LogP contribution in [-0.2, 0) is 11.3 Å². The van der Waals surface area contributed by atoms with Crippen LogP contribution in [0.4, 0.5) is 0 Å². The highest BCUT2D eigenvalue weighted by Crippen LogP contribution is 2.38. The van der Waals surface area contributed by atoms with E-state index in [0.717, 1.165) is 64.2 Å². The van der Waals surface area contributed by atoms with Gasteiger partial charge in [0.1, 0.15) is 17.2 Å². The third kappa shape index (κ3) is 6.27. The third-order valence-corrected chi connectivity index (χ3v) is 7.11. The molecule has 2 aliphatic heterocycles. The van der Waals surface area contributed by atoms with Gasteiger partial charge in [-0.2, -0.15) is 0 Å². The topological polar surface area (TPSA) is 64.1 Å². The first-order valence-electron chi connectivity index (χ1n) is 12.3. The maximum Gasteiger partial charge on any atom is 0.272 e. The summed E-state index contributed by atoms with van der Waals surface area (Å²) in [4.78, 5) is 21.5. The molecule has 1 fully saturated rings. The summed E-state index contributed by atoms with van der Waals surface area (Å²) in [6.07, 6.45) is 6.71. The van der Waals surface area contributed by atoms with Gasteiger partial charge in [-0.1, -0.05) is 24.6 Å². The Morgan fingerprint density at radius 1 is 1.06 bits per heavy atom. The summed E-state index contributed by atoms with van der Waals surface area (Å²) in [5, 5.41) is 0. The number of para-hydroxylation sites is 1. The van der Waals surface area contributed by atoms with Gasteiger partial charge in [0.05, 0.1) is 20.3 Å². The van der Waals surface area contributed by atoms with Gasteiger partial charge < -0.3 is 19.1 Å². The summed E-state index contributed by atoms with van der Waals surface area (Å²) in [6.45, 7) is 5.39. The Kier molecular flexibility index (Phi) is 8.40. The van der Waals surface area contributed by atoms with E-state index >= 15 is 0 Å². The van der Waals surface area contributed by atoms with Crippen LogP contribution >= 0.6 is 0 Å². The van der Waals surface area contributed by atoms with Crippen molar-refractivity contribution < 1.29 is 19.0 Å². The molecular weight excluding hydrogens is 430 g/mol. The van der Waals surface area contributed by atoms with E-state index in [1.54, 1.807) is 25.4 Å². The number of carbonyl (C=O) groups is 1. The molecule has 1 aromatic heterocycles. The molecule has 1 aromatic carbocycles. The van der Waals surface area contributed by atoms with Crippen molar-refractivity contribution in [2.24, 2.45) is 5.41 Å². The van der Waals surface area contributed by atoms with Gasteiger partial charge in [0.25, 0.3) is 5.91 Å². The fraction of sp³-hybridized carbons (Fsp3) is 0.556. The number of rotatable bonds is 2. The van der Waals surface area contributed by atoms with E-state index in [0.29, 0.717) is 31.1 Å². The molecule has 0 radical (unpaired) electrons. The van der Waals surface area contributed by atoms with E-state index in [1.807, 2.05) is 11.0 Å². The zero-order chi connectivity index (χ0) is 23.8. The molecule has 2 aliphatic rings. The second kappa shape index (κ2) is 11.7. The number of fused-ring (bicyclic) bond motifs is 1. The van der Waals surface area contributed by atoms with Crippen LogP contribution in [0.15, 0.2) is 42.6 Å². The molecule has 0 unspecified atom stereocenters. The number of pyridine rings is 1. The molecule has 34 heavy (non-hydrogen) atoms. The highest BCUT2D eigenvalue weighted by atomic mass is 16.5. The van der Waals surface area contributed by atoms with Crippen LogP contribution in [0.3, 0.4) is 0 Å². The second-order valence-corrected chi connectivity index (χ2v) is 9.58. The minimum atomic E-state index is -0.0302. The molecule has 7 nitrogen and oxygen atoms in total. The first-order valence-corrected chi connectivity index (χ1v) is 12.3. The lowest BCUT2D eigenvalue weighted by Gasteiger charge is -2.42. The maximum absolute atomic E-state index is 13.1. The standard InChI is InChI=1S/C27H37N3O4/c1-29-16-18-33-17-6-5-10-27(21-34-25-8-4-3-7-22(25)20-29)11-14-30(15-12-27)26(31)24-19-23(32-2)9-13-28-24/h3-4,7-9,13,19H,5-6,10-12,14-18,20-21H2,1-2H3. The van der Waals surface area contributed by atoms with Crippen LogP contribution in [0.5, 0.6) is 11.5 Å². The molecule has 0 bridgehead atoms. The van der Waals surface area contributed by atoms with E-state index < -0.39 is 0 Å². The Morgan fingerprint density at radius 3 is 2.71 bits per heavy atom. The van der Waals surface area contributed by atoms with Crippen molar-refractivity contribution in [1.29, 1.82) is 0 Å². The van der Waals surface area contributed by atoms with E-state index in [4.69, 9.17) is 14.2 Å². The SMILES string of the molecule is COc1ccnc(C(=O)N2CCC3(CCCCOCCN(C)Cc4ccccc4OC3)CC2)c1. The number of amides is 1. The summed E-state index contributed by atoms with van der Waals surface area (Å²) in [5.74, 6) is 1.58. The van der Waals surface area contributed by atoms with Crippen molar-refractivity contribution in [3.63, 3.8) is 0 Å². The maximum atomic E-state index is 13.1. The van der Waals surface area contributed by atoms with Crippen molar-refractivity contribution in [2.75, 3.05) is 53.6 Å². The van der Waals surface area contributed by atoms with Crippen LogP contribution in [0.25, 0.3) is 0 Å². The van der Waals surface area contributed by atoms with Gasteiger partial charge in [-0.05, 0) is 44.9 Å². The molecule has 7 heteroatoms. The number of carbonyl (C=O) groups excluding carboxylic acids is 1. The van der Waals surface area contributed by atoms with Crippen molar-refractivity contribution in [3.05, 3.63) is 53.9 Å². The van der Waals surface area contributed by atoms with Crippen LogP contribution in [0.2, 0.25) is 0 Å². The summed E-state index contributed by atoms with van der Waals surface area (Å²) in [6, 6.07) is 11.8. The largest absolute Gasteiger partial charge is 0.497 e. The second-order valence-electron chi connectivity index (χ2n) is 9.58. The first-order chi connectivity index (χ1) is 16.6. The number of hydrogen-bond acceptors (Lipinski definition) is 6. The van der Waals surface area contributed by atoms with Gasteiger partial charge in [0.2, 0.25) is 0 Å². The Hall–Kier alpha value is -2.64. The van der Waals surface area contributed by atoms with Gasteiger partial charge >= 0.3 is 0 Å². The smallest absolute Gasteiger partial charge is 0.272 e. The number of benzene rings is 1. The van der Waals surface area contributed by atoms with Crippen LogP contribution in [-0.4, -0.2) is 74.3 Å². The minimum absolute atomic E-state index is 0.0302. The van der Waals surface area contributed by atoms with E-state index in [1.165, 1.54) is 5.56 Å². The van der Waals surface area contributed by atoms with Crippen LogP contribution in [0, 0.1) is 5.41 Å². The normalized spacial score (nSPS) is 20.1. The van der Waals surface area contributed by atoms with Crippen molar-refractivity contribution in [1.82, 2.24) is 14.8 Å². The predicted octanol–water partition coefficient (Wildman–Crippen LogP) is 4.02. The predicted molar refractivity (Wildman–Crippen MR) is 131 cm³/mol. The molecule has 2 aromatic rings. The number of ether oxygens (including phenoxy) is 3. The lowest BCUT2D eigenvalue weighted by atomic mass is 9.75. The van der Waals surface area contributed by atoms with Gasteiger partial charge in [0.15, 0.2) is 0 Å². The van der Waals surface area contributed by atoms with Crippen molar-refractivity contribution in [2.45, 2.75) is 38.6 Å². The number of hydrogen-bond donors (Lipinski definition) is 0. The fourth-order valence-electron chi connectivity index (χ4n) is 4.87. The number of likely N-dealkylation sites (N-methyl/N-ethyl adjacent to an activating group) is 1. The molecule has 0 atom stereocenters. The number of methoxy groups -OCH3 is 1. The molecule has 184 valence electrons. The number of likely N-dealkylation sites (tertiary alicyclic amines) is 1. The Labute approximate surface area is 203 Å². The minimum Gasteiger partial charge on any atom is -0.497 e. The zero-order valence-electron chi connectivity index (χ0n) is 20.5. The Morgan fingerprint density at radius 2 is 1.88 bits per heavy atom. The molecular formula is C27H37N3O4. The van der Waals surface area contributed by atoms with Crippen LogP contribution < -0.4 is 9.47 Å². The molecule has 4 rings (SSSR count). The van der Waals surface area contributed by atoms with E-state index in [2.05, 4.69) is 35.1 Å². The third-order valence-electron chi connectivity index (χ3n) is 7.11. The van der Waals surface area contributed by atoms with Gasteiger partial charge in [-0.15, -0.1) is 0 Å². The lowest BCUT2D eigenvalue weighted by molar-refractivity contribution is 0.0329. The number of aromatic nitrogens is 1. The highest BCUT2D eigenvalue weighted by molar-refractivity contribution is 5.92. The number of piperidine rings is 1. The highest BCUT2D eigenvalue weighted by Gasteiger charge is 2.37. The molecule has 1 saturated heterocycles. The quantitative estimate of drug-likeness (QED) is 0.665. The Bertz CT molecular complexity index is 943. The fourth-order valence-corrected chi connectivity index (χ4v) is 4.87. The van der Waals surface area contributed by atoms with E-state index in [-0.39, 0.29) is 11.3 Å². The van der Waals surface area contributed by atoms with Crippen molar-refractivity contribution >= 4 is 5.91 Å². The summed E-state index contributed by atoms with van der Waals surface area (Å²) in [7, 11) is 3.72. The first kappa shape index (κ1) is 24.5. The molecule has 0 N–H and O–H groups in total. The average Bonchev–Trinajstić information content (AvgIpc) is 2.87. The van der Waals surface area contributed by atoms with Gasteiger partial charge in [0, 0.05) is 56.0 Å². The zero-order valence-corrected chi connectivity index (χ0v) is 20.5. The molecule has 3 heterocycles. The molecule has 1 amide bonds. The molecule has 0 saturated carbocycles. The van der Waals surface area contributed by atoms with Crippen molar-refractivity contribution in [3.8, 4) is 11.5 Å². The summed E-state index contributed by atoms with van der Waals surface area (Å²) >= 11 is 0. The van der Waals surface area contributed by atoms with Gasteiger partial charge in [-0.25, -0.2) is 0 Å². The number of nitrogens with zero attached hydrogens (tertiary/aromatic N) is 3. The average molecular weight is 468 g/mol. The molecule has 0 aliphatic carbocycles. The van der Waals surface area contributed by atoms with Gasteiger partial charge in [-0.3, -0.25) is 14.7 Å². The summed E-state index contributed by atoms with van der Waals surface area (Å²) < 4.78 is 17.6. The monoisotopic (exact) mass is 467 g/mol. The lowest BCUT2D eigenvalue weighted by Crippen LogP contribution is -2.45. The van der Waals surface area contributed by atoms with Crippen LogP contribution in [0.1, 0.15) is 48.2 Å². The van der Waals surface area contributed by atoms with E-state index in [9.17, 15) is 4.79 Å².